The minimum absolute atomic E-state index is 0.112. The first-order valence-corrected chi connectivity index (χ1v) is 14.1. The molecule has 9 nitrogen and oxygen atoms in total. The second-order valence-electron chi connectivity index (χ2n) is 10.6. The number of piperidine rings is 1. The van der Waals surface area contributed by atoms with Crippen LogP contribution in [0.3, 0.4) is 0 Å². The average molecular weight is 576 g/mol. The number of nitrogens with zero attached hydrogens (tertiary/aromatic N) is 3. The van der Waals surface area contributed by atoms with E-state index in [1.165, 1.54) is 16.7 Å². The monoisotopic (exact) mass is 575 g/mol. The molecule has 1 aliphatic rings. The number of carbonyl (C=O) groups is 3. The van der Waals surface area contributed by atoms with Gasteiger partial charge in [0.2, 0.25) is 5.91 Å². The Morgan fingerprint density at radius 1 is 0.762 bits per heavy atom. The van der Waals surface area contributed by atoms with Gasteiger partial charge in [0.15, 0.2) is 0 Å². The van der Waals surface area contributed by atoms with Crippen molar-refractivity contribution in [2.24, 2.45) is 5.92 Å². The Kier molecular flexibility index (Phi) is 13.0. The number of carboxylic acid groups (broad SMARTS) is 2. The van der Waals surface area contributed by atoms with Crippen molar-refractivity contribution in [1.82, 2.24) is 14.7 Å². The fraction of sp³-hybridized carbons (Fsp3) is 0.364. The molecule has 0 saturated carbocycles. The number of hydrogen-bond acceptors (Lipinski definition) is 6. The van der Waals surface area contributed by atoms with Crippen LogP contribution in [0.5, 0.6) is 5.75 Å². The first-order chi connectivity index (χ1) is 20.2. The highest BCUT2D eigenvalue weighted by Gasteiger charge is 2.28. The molecule has 1 amide bonds. The zero-order valence-corrected chi connectivity index (χ0v) is 24.4. The predicted octanol–water partition coefficient (Wildman–Crippen LogP) is 4.22. The lowest BCUT2D eigenvalue weighted by Gasteiger charge is -2.34. The minimum Gasteiger partial charge on any atom is -0.489 e. The Hall–Kier alpha value is -4.21. The molecule has 1 fully saturated rings. The van der Waals surface area contributed by atoms with Crippen molar-refractivity contribution in [3.05, 3.63) is 102 Å². The van der Waals surface area contributed by atoms with E-state index in [9.17, 15) is 4.79 Å². The van der Waals surface area contributed by atoms with Gasteiger partial charge in [-0.2, -0.15) is 0 Å². The van der Waals surface area contributed by atoms with E-state index >= 15 is 0 Å². The molecule has 1 aliphatic heterocycles. The molecule has 1 saturated heterocycles. The summed E-state index contributed by atoms with van der Waals surface area (Å²) in [4.78, 5) is 38.3. The molecule has 42 heavy (non-hydrogen) atoms. The van der Waals surface area contributed by atoms with E-state index in [0.29, 0.717) is 19.1 Å². The summed E-state index contributed by atoms with van der Waals surface area (Å²) in [6, 6.07) is 29.0. The number of likely N-dealkylation sites (tertiary alicyclic amines) is 1. The predicted molar refractivity (Wildman–Crippen MR) is 161 cm³/mol. The van der Waals surface area contributed by atoms with Gasteiger partial charge in [0, 0.05) is 32.1 Å². The molecule has 0 aliphatic carbocycles. The highest BCUT2D eigenvalue weighted by molar-refractivity contribution is 6.27. The second-order valence-corrected chi connectivity index (χ2v) is 10.6. The summed E-state index contributed by atoms with van der Waals surface area (Å²) < 4.78 is 5.92. The maximum absolute atomic E-state index is 13.5. The Morgan fingerprint density at radius 2 is 1.31 bits per heavy atom. The van der Waals surface area contributed by atoms with E-state index in [0.717, 1.165) is 51.3 Å². The molecule has 0 spiro atoms. The number of likely N-dealkylation sites (N-methyl/N-ethyl adjacent to an activating group) is 1. The van der Waals surface area contributed by atoms with Crippen molar-refractivity contribution in [2.45, 2.75) is 32.5 Å². The molecular formula is C33H41N3O6. The Labute approximate surface area is 247 Å². The van der Waals surface area contributed by atoms with E-state index in [1.54, 1.807) is 0 Å². The molecule has 0 atom stereocenters. The third-order valence-corrected chi connectivity index (χ3v) is 7.04. The summed E-state index contributed by atoms with van der Waals surface area (Å²) in [5, 5.41) is 14.8. The number of amides is 1. The normalized spacial score (nSPS) is 13.6. The lowest BCUT2D eigenvalue weighted by molar-refractivity contribution is -0.159. The van der Waals surface area contributed by atoms with Gasteiger partial charge in [-0.05, 0) is 68.8 Å². The van der Waals surface area contributed by atoms with Crippen LogP contribution in [0.4, 0.5) is 0 Å². The first-order valence-electron chi connectivity index (χ1n) is 14.1. The molecule has 0 unspecified atom stereocenters. The molecule has 0 radical (unpaired) electrons. The quantitative estimate of drug-likeness (QED) is 0.327. The van der Waals surface area contributed by atoms with Crippen LogP contribution in [-0.4, -0.2) is 83.0 Å². The van der Waals surface area contributed by atoms with Crippen LogP contribution in [0.2, 0.25) is 0 Å². The highest BCUT2D eigenvalue weighted by Crippen LogP contribution is 2.23. The van der Waals surface area contributed by atoms with Gasteiger partial charge in [-0.15, -0.1) is 0 Å². The van der Waals surface area contributed by atoms with Crippen LogP contribution >= 0.6 is 0 Å². The smallest absolute Gasteiger partial charge is 0.414 e. The fourth-order valence-electron chi connectivity index (χ4n) is 4.68. The lowest BCUT2D eigenvalue weighted by atomic mass is 9.94. The summed E-state index contributed by atoms with van der Waals surface area (Å²) in [6.45, 7) is 5.73. The number of aliphatic carboxylic acids is 2. The third-order valence-electron chi connectivity index (χ3n) is 7.04. The summed E-state index contributed by atoms with van der Waals surface area (Å²) in [7, 11) is 4.12. The summed E-state index contributed by atoms with van der Waals surface area (Å²) >= 11 is 0. The first kappa shape index (κ1) is 32.3. The SMILES string of the molecule is CN(C)CCN(Cc1ccccc1)C(=O)C1CCN(Cc2ccc(OCc3ccccc3)cc2)CC1.O=C(O)C(=O)O. The molecule has 2 N–H and O–H groups in total. The molecule has 4 rings (SSSR count). The molecule has 0 aromatic heterocycles. The number of ether oxygens (including phenoxy) is 1. The lowest BCUT2D eigenvalue weighted by Crippen LogP contribution is -2.44. The largest absolute Gasteiger partial charge is 0.489 e. The minimum atomic E-state index is -1.82. The molecule has 3 aromatic rings. The number of hydrogen-bond donors (Lipinski definition) is 2. The van der Waals surface area contributed by atoms with Gasteiger partial charge in [-0.3, -0.25) is 9.69 Å². The van der Waals surface area contributed by atoms with Gasteiger partial charge in [0.05, 0.1) is 0 Å². The highest BCUT2D eigenvalue weighted by atomic mass is 16.5. The van der Waals surface area contributed by atoms with Crippen LogP contribution in [0.1, 0.15) is 29.5 Å². The third kappa shape index (κ3) is 11.3. The van der Waals surface area contributed by atoms with Crippen LogP contribution in [0.25, 0.3) is 0 Å². The second kappa shape index (κ2) is 16.9. The Morgan fingerprint density at radius 3 is 1.83 bits per heavy atom. The zero-order valence-electron chi connectivity index (χ0n) is 24.4. The van der Waals surface area contributed by atoms with E-state index in [1.807, 2.05) is 36.4 Å². The van der Waals surface area contributed by atoms with Crippen LogP contribution < -0.4 is 4.74 Å². The van der Waals surface area contributed by atoms with Gasteiger partial charge >= 0.3 is 11.9 Å². The van der Waals surface area contributed by atoms with Crippen molar-refractivity contribution in [1.29, 1.82) is 0 Å². The van der Waals surface area contributed by atoms with E-state index in [2.05, 4.69) is 77.3 Å². The van der Waals surface area contributed by atoms with Crippen molar-refractivity contribution < 1.29 is 29.3 Å². The summed E-state index contributed by atoms with van der Waals surface area (Å²) in [5.41, 5.74) is 3.64. The molecule has 3 aromatic carbocycles. The number of carboxylic acids is 2. The van der Waals surface area contributed by atoms with E-state index in [4.69, 9.17) is 24.5 Å². The maximum Gasteiger partial charge on any atom is 0.414 e. The van der Waals surface area contributed by atoms with Gasteiger partial charge in [-0.1, -0.05) is 72.8 Å². The van der Waals surface area contributed by atoms with Gasteiger partial charge in [0.25, 0.3) is 0 Å². The molecule has 1 heterocycles. The van der Waals surface area contributed by atoms with Gasteiger partial charge in [-0.25, -0.2) is 9.59 Å². The Balaban J connectivity index is 0.000000730. The molecular weight excluding hydrogens is 534 g/mol. The fourth-order valence-corrected chi connectivity index (χ4v) is 4.68. The van der Waals surface area contributed by atoms with Crippen molar-refractivity contribution >= 4 is 17.8 Å². The van der Waals surface area contributed by atoms with E-state index in [-0.39, 0.29) is 5.92 Å². The van der Waals surface area contributed by atoms with E-state index < -0.39 is 11.9 Å². The number of rotatable bonds is 11. The molecule has 9 heteroatoms. The van der Waals surface area contributed by atoms with Crippen molar-refractivity contribution in [3.63, 3.8) is 0 Å². The Bertz CT molecular complexity index is 1230. The van der Waals surface area contributed by atoms with Crippen molar-refractivity contribution in [2.75, 3.05) is 40.3 Å². The van der Waals surface area contributed by atoms with Crippen molar-refractivity contribution in [3.8, 4) is 5.75 Å². The van der Waals surface area contributed by atoms with Gasteiger partial charge in [0.1, 0.15) is 12.4 Å². The molecule has 0 bridgehead atoms. The summed E-state index contributed by atoms with van der Waals surface area (Å²) in [5.74, 6) is -2.34. The van der Waals surface area contributed by atoms with Crippen LogP contribution in [0, 0.1) is 5.92 Å². The maximum atomic E-state index is 13.5. The van der Waals surface area contributed by atoms with Crippen LogP contribution in [-0.2, 0) is 34.1 Å². The topological polar surface area (TPSA) is 111 Å². The molecule has 224 valence electrons. The van der Waals surface area contributed by atoms with Gasteiger partial charge < -0.3 is 24.7 Å². The standard InChI is InChI=1S/C31H39N3O2.C2H2O4/c1-32(2)21-22-34(24-26-9-5-3-6-10-26)31(35)29-17-19-33(20-18-29)23-27-13-15-30(16-14-27)36-25-28-11-7-4-8-12-28;3-1(4)2(5)6/h3-16,29H,17-25H2,1-2H3;(H,3,4)(H,5,6). The zero-order chi connectivity index (χ0) is 30.3. The number of benzene rings is 3. The summed E-state index contributed by atoms with van der Waals surface area (Å²) in [6.07, 6.45) is 1.84. The average Bonchev–Trinajstić information content (AvgIpc) is 3.00. The van der Waals surface area contributed by atoms with Crippen LogP contribution in [0.15, 0.2) is 84.9 Å². The number of carbonyl (C=O) groups excluding carboxylic acids is 1.